The fourth-order valence-corrected chi connectivity index (χ4v) is 0.754. The van der Waals surface area contributed by atoms with E-state index in [2.05, 4.69) is 0 Å². The molecule has 0 saturated heterocycles. The summed E-state index contributed by atoms with van der Waals surface area (Å²) in [6.07, 6.45) is 0. The minimum atomic E-state index is -0.430. The summed E-state index contributed by atoms with van der Waals surface area (Å²) in [6, 6.07) is 6.20. The summed E-state index contributed by atoms with van der Waals surface area (Å²) in [4.78, 5) is 9.74. The van der Waals surface area contributed by atoms with Gasteiger partial charge in [-0.1, -0.05) is 26.0 Å². The molecule has 0 aromatic heterocycles. The SMILES string of the molecule is CC.NCc1ccc([N+](=O)[O-])cc1. The van der Waals surface area contributed by atoms with Crippen LogP contribution in [0.5, 0.6) is 0 Å². The van der Waals surface area contributed by atoms with Crippen LogP contribution in [-0.2, 0) is 6.54 Å². The molecule has 0 unspecified atom stereocenters. The van der Waals surface area contributed by atoms with E-state index in [4.69, 9.17) is 5.73 Å². The molecule has 0 amide bonds. The predicted molar refractivity (Wildman–Crippen MR) is 52.3 cm³/mol. The maximum absolute atomic E-state index is 10.2. The lowest BCUT2D eigenvalue weighted by Gasteiger charge is -1.93. The fourth-order valence-electron chi connectivity index (χ4n) is 0.754. The molecule has 0 aliphatic carbocycles. The van der Waals surface area contributed by atoms with Crippen molar-refractivity contribution in [2.24, 2.45) is 5.73 Å². The van der Waals surface area contributed by atoms with Gasteiger partial charge in [-0.05, 0) is 5.56 Å². The molecule has 72 valence electrons. The molecule has 0 fully saturated rings. The first-order valence-corrected chi connectivity index (χ1v) is 4.17. The van der Waals surface area contributed by atoms with Crippen LogP contribution in [0.4, 0.5) is 5.69 Å². The molecule has 0 bridgehead atoms. The number of hydrogen-bond donors (Lipinski definition) is 1. The Morgan fingerprint density at radius 3 is 2.08 bits per heavy atom. The minimum Gasteiger partial charge on any atom is -0.326 e. The van der Waals surface area contributed by atoms with Gasteiger partial charge in [-0.2, -0.15) is 0 Å². The van der Waals surface area contributed by atoms with Crippen molar-refractivity contribution in [3.05, 3.63) is 39.9 Å². The molecule has 4 heteroatoms. The zero-order valence-electron chi connectivity index (χ0n) is 7.86. The summed E-state index contributed by atoms with van der Waals surface area (Å²) in [6.45, 7) is 4.41. The highest BCUT2D eigenvalue weighted by Crippen LogP contribution is 2.10. The van der Waals surface area contributed by atoms with Crippen molar-refractivity contribution in [1.29, 1.82) is 0 Å². The molecule has 0 radical (unpaired) electrons. The van der Waals surface area contributed by atoms with Crippen LogP contribution < -0.4 is 5.73 Å². The number of non-ortho nitro benzene ring substituents is 1. The van der Waals surface area contributed by atoms with Crippen LogP contribution in [0, 0.1) is 10.1 Å². The highest BCUT2D eigenvalue weighted by Gasteiger charge is 2.01. The van der Waals surface area contributed by atoms with Crippen LogP contribution in [0.15, 0.2) is 24.3 Å². The first-order valence-electron chi connectivity index (χ1n) is 4.17. The van der Waals surface area contributed by atoms with Gasteiger partial charge in [-0.3, -0.25) is 10.1 Å². The summed E-state index contributed by atoms with van der Waals surface area (Å²) < 4.78 is 0. The van der Waals surface area contributed by atoms with Crippen molar-refractivity contribution in [2.45, 2.75) is 20.4 Å². The van der Waals surface area contributed by atoms with E-state index in [0.29, 0.717) is 6.54 Å². The van der Waals surface area contributed by atoms with Crippen molar-refractivity contribution in [2.75, 3.05) is 0 Å². The molecule has 1 aromatic carbocycles. The number of hydrogen-bond acceptors (Lipinski definition) is 3. The molecule has 4 nitrogen and oxygen atoms in total. The van der Waals surface area contributed by atoms with E-state index in [1.165, 1.54) is 12.1 Å². The summed E-state index contributed by atoms with van der Waals surface area (Å²) in [5.74, 6) is 0. The smallest absolute Gasteiger partial charge is 0.269 e. The van der Waals surface area contributed by atoms with Crippen LogP contribution >= 0.6 is 0 Å². The average molecular weight is 182 g/mol. The maximum Gasteiger partial charge on any atom is 0.269 e. The molecular formula is C9H14N2O2. The second-order valence-electron chi connectivity index (χ2n) is 2.13. The Balaban J connectivity index is 0.000000671. The largest absolute Gasteiger partial charge is 0.326 e. The normalized spacial score (nSPS) is 8.54. The van der Waals surface area contributed by atoms with Gasteiger partial charge in [0.2, 0.25) is 0 Å². The Hall–Kier alpha value is -1.42. The lowest BCUT2D eigenvalue weighted by atomic mass is 10.2. The summed E-state index contributed by atoms with van der Waals surface area (Å²) in [5.41, 5.74) is 6.30. The number of nitro benzene ring substituents is 1. The van der Waals surface area contributed by atoms with Gasteiger partial charge in [0.1, 0.15) is 0 Å². The Kier molecular flexibility index (Phi) is 5.47. The highest BCUT2D eigenvalue weighted by atomic mass is 16.6. The molecule has 0 aliphatic rings. The van der Waals surface area contributed by atoms with Crippen LogP contribution in [0.3, 0.4) is 0 Å². The van der Waals surface area contributed by atoms with Gasteiger partial charge in [-0.15, -0.1) is 0 Å². The van der Waals surface area contributed by atoms with Crippen molar-refractivity contribution in [3.63, 3.8) is 0 Å². The third-order valence-corrected chi connectivity index (χ3v) is 1.38. The molecule has 0 aliphatic heterocycles. The molecule has 0 saturated carbocycles. The topological polar surface area (TPSA) is 69.2 Å². The van der Waals surface area contributed by atoms with Gasteiger partial charge < -0.3 is 5.73 Å². The number of nitrogens with two attached hydrogens (primary N) is 1. The highest BCUT2D eigenvalue weighted by molar-refractivity contribution is 5.32. The van der Waals surface area contributed by atoms with Crippen LogP contribution in [0.1, 0.15) is 19.4 Å². The molecule has 1 aromatic rings. The van der Waals surface area contributed by atoms with E-state index < -0.39 is 4.92 Å². The van der Waals surface area contributed by atoms with E-state index in [1.54, 1.807) is 12.1 Å². The van der Waals surface area contributed by atoms with E-state index in [1.807, 2.05) is 13.8 Å². The first kappa shape index (κ1) is 11.6. The van der Waals surface area contributed by atoms with E-state index in [0.717, 1.165) is 5.56 Å². The second kappa shape index (κ2) is 6.14. The number of nitrogens with zero attached hydrogens (tertiary/aromatic N) is 1. The maximum atomic E-state index is 10.2. The fraction of sp³-hybridized carbons (Fsp3) is 0.333. The summed E-state index contributed by atoms with van der Waals surface area (Å²) in [5, 5.41) is 10.2. The van der Waals surface area contributed by atoms with E-state index in [9.17, 15) is 10.1 Å². The van der Waals surface area contributed by atoms with Gasteiger partial charge in [0.05, 0.1) is 4.92 Å². The third kappa shape index (κ3) is 3.66. The predicted octanol–water partition coefficient (Wildman–Crippen LogP) is 2.08. The summed E-state index contributed by atoms with van der Waals surface area (Å²) >= 11 is 0. The van der Waals surface area contributed by atoms with Gasteiger partial charge in [0.15, 0.2) is 0 Å². The van der Waals surface area contributed by atoms with E-state index >= 15 is 0 Å². The van der Waals surface area contributed by atoms with Crippen LogP contribution in [0.2, 0.25) is 0 Å². The Morgan fingerprint density at radius 1 is 1.31 bits per heavy atom. The van der Waals surface area contributed by atoms with Crippen molar-refractivity contribution >= 4 is 5.69 Å². The first-order chi connectivity index (χ1) is 6.24. The molecule has 0 spiro atoms. The Labute approximate surface area is 77.5 Å². The third-order valence-electron chi connectivity index (χ3n) is 1.38. The van der Waals surface area contributed by atoms with Gasteiger partial charge in [0, 0.05) is 18.7 Å². The lowest BCUT2D eigenvalue weighted by molar-refractivity contribution is -0.384. The van der Waals surface area contributed by atoms with Crippen molar-refractivity contribution in [3.8, 4) is 0 Å². The second-order valence-corrected chi connectivity index (χ2v) is 2.13. The van der Waals surface area contributed by atoms with Crippen molar-refractivity contribution in [1.82, 2.24) is 0 Å². The number of rotatable bonds is 2. The van der Waals surface area contributed by atoms with E-state index in [-0.39, 0.29) is 5.69 Å². The summed E-state index contributed by atoms with van der Waals surface area (Å²) in [7, 11) is 0. The van der Waals surface area contributed by atoms with Gasteiger partial charge >= 0.3 is 0 Å². The standard InChI is InChI=1S/C7H8N2O2.C2H6/c8-5-6-1-3-7(4-2-6)9(10)11;1-2/h1-4H,5,8H2;1-2H3. The molecule has 2 N–H and O–H groups in total. The monoisotopic (exact) mass is 182 g/mol. The number of benzene rings is 1. The zero-order valence-corrected chi connectivity index (χ0v) is 7.86. The molecule has 1 rings (SSSR count). The van der Waals surface area contributed by atoms with Crippen LogP contribution in [0.25, 0.3) is 0 Å². The minimum absolute atomic E-state index is 0.0993. The quantitative estimate of drug-likeness (QED) is 0.562. The average Bonchev–Trinajstić information content (AvgIpc) is 2.21. The molecular weight excluding hydrogens is 168 g/mol. The van der Waals surface area contributed by atoms with Gasteiger partial charge in [0.25, 0.3) is 5.69 Å². The zero-order chi connectivity index (χ0) is 10.3. The van der Waals surface area contributed by atoms with Crippen LogP contribution in [-0.4, -0.2) is 4.92 Å². The molecule has 0 heterocycles. The van der Waals surface area contributed by atoms with Gasteiger partial charge in [-0.25, -0.2) is 0 Å². The Bertz CT molecular complexity index is 257. The number of nitro groups is 1. The Morgan fingerprint density at radius 2 is 1.77 bits per heavy atom. The lowest BCUT2D eigenvalue weighted by Crippen LogP contribution is -1.96. The molecule has 13 heavy (non-hydrogen) atoms. The van der Waals surface area contributed by atoms with Crippen molar-refractivity contribution < 1.29 is 4.92 Å². The molecule has 0 atom stereocenters.